The van der Waals surface area contributed by atoms with Gasteiger partial charge in [-0.05, 0) is 73.2 Å². The predicted molar refractivity (Wildman–Crippen MR) is 91.7 cm³/mol. The lowest BCUT2D eigenvalue weighted by Crippen LogP contribution is -2.45. The third-order valence-corrected chi connectivity index (χ3v) is 4.18. The van der Waals surface area contributed by atoms with Crippen molar-refractivity contribution in [2.75, 3.05) is 6.54 Å². The first-order valence-electron chi connectivity index (χ1n) is 7.89. The van der Waals surface area contributed by atoms with Crippen LogP contribution in [0.2, 0.25) is 0 Å². The Morgan fingerprint density at radius 1 is 1.43 bits per heavy atom. The van der Waals surface area contributed by atoms with Gasteiger partial charge in [-0.3, -0.25) is 0 Å². The van der Waals surface area contributed by atoms with E-state index in [4.69, 9.17) is 4.74 Å². The van der Waals surface area contributed by atoms with Crippen LogP contribution in [-0.4, -0.2) is 24.3 Å². The molecule has 0 aliphatic heterocycles. The summed E-state index contributed by atoms with van der Waals surface area (Å²) >= 11 is 3.18. The van der Waals surface area contributed by atoms with Crippen LogP contribution in [0.5, 0.6) is 0 Å². The topological polar surface area (TPSA) is 50.4 Å². The molecule has 4 nitrogen and oxygen atoms in total. The Kier molecular flexibility index (Phi) is 6.03. The van der Waals surface area contributed by atoms with E-state index in [2.05, 4.69) is 26.6 Å². The Morgan fingerprint density at radius 2 is 2.13 bits per heavy atom. The Morgan fingerprint density at radius 3 is 2.70 bits per heavy atom. The maximum atomic E-state index is 13.2. The van der Waals surface area contributed by atoms with Crippen LogP contribution in [0.3, 0.4) is 0 Å². The summed E-state index contributed by atoms with van der Waals surface area (Å²) in [4.78, 5) is 11.9. The molecule has 1 atom stereocenters. The number of hydrogen-bond donors (Lipinski definition) is 2. The fourth-order valence-corrected chi connectivity index (χ4v) is 2.74. The molecule has 0 aromatic heterocycles. The number of carbonyl (C=O) groups is 1. The minimum atomic E-state index is -0.494. The average Bonchev–Trinajstić information content (AvgIpc) is 3.24. The van der Waals surface area contributed by atoms with E-state index in [1.807, 2.05) is 20.8 Å². The van der Waals surface area contributed by atoms with Gasteiger partial charge in [0, 0.05) is 19.1 Å². The monoisotopic (exact) mass is 386 g/mol. The van der Waals surface area contributed by atoms with E-state index in [0.717, 1.165) is 18.4 Å². The molecule has 0 heterocycles. The molecule has 0 radical (unpaired) electrons. The normalized spacial score (nSPS) is 16.0. The first-order valence-corrected chi connectivity index (χ1v) is 8.68. The molecule has 1 unspecified atom stereocenters. The average molecular weight is 387 g/mol. The Hall–Kier alpha value is -1.14. The van der Waals surface area contributed by atoms with Crippen molar-refractivity contribution >= 4 is 22.0 Å². The Balaban J connectivity index is 1.81. The van der Waals surface area contributed by atoms with Crippen LogP contribution in [0.15, 0.2) is 22.7 Å². The summed E-state index contributed by atoms with van der Waals surface area (Å²) in [5, 5.41) is 6.27. The highest BCUT2D eigenvalue weighted by Gasteiger charge is 2.33. The van der Waals surface area contributed by atoms with E-state index >= 15 is 0 Å². The molecule has 2 rings (SSSR count). The fraction of sp³-hybridized carbons (Fsp3) is 0.588. The summed E-state index contributed by atoms with van der Waals surface area (Å²) in [7, 11) is 0. The summed E-state index contributed by atoms with van der Waals surface area (Å²) in [6.07, 6.45) is 1.88. The minimum Gasteiger partial charge on any atom is -0.444 e. The van der Waals surface area contributed by atoms with E-state index in [-0.39, 0.29) is 18.0 Å². The predicted octanol–water partition coefficient (Wildman–Crippen LogP) is 3.98. The number of benzene rings is 1. The summed E-state index contributed by atoms with van der Waals surface area (Å²) < 4.78 is 19.0. The number of rotatable bonds is 6. The van der Waals surface area contributed by atoms with Gasteiger partial charge >= 0.3 is 6.09 Å². The molecule has 1 aromatic carbocycles. The highest BCUT2D eigenvalue weighted by molar-refractivity contribution is 9.10. The number of carbonyl (C=O) groups excluding carboxylic acids is 1. The van der Waals surface area contributed by atoms with Crippen LogP contribution in [0, 0.1) is 11.7 Å². The molecule has 1 aliphatic rings. The quantitative estimate of drug-likeness (QED) is 0.777. The first kappa shape index (κ1) is 18.2. The third kappa shape index (κ3) is 6.47. The van der Waals surface area contributed by atoms with Gasteiger partial charge in [0.1, 0.15) is 11.4 Å². The van der Waals surface area contributed by atoms with Gasteiger partial charge in [-0.1, -0.05) is 6.07 Å². The molecular formula is C17H24BrFN2O2. The molecule has 2 N–H and O–H groups in total. The number of halogens is 2. The molecule has 0 bridgehead atoms. The third-order valence-electron chi connectivity index (χ3n) is 3.57. The minimum absolute atomic E-state index is 0.0636. The van der Waals surface area contributed by atoms with Crippen molar-refractivity contribution in [3.8, 4) is 0 Å². The summed E-state index contributed by atoms with van der Waals surface area (Å²) in [6.45, 7) is 6.84. The van der Waals surface area contributed by atoms with E-state index in [1.165, 1.54) is 6.07 Å². The van der Waals surface area contributed by atoms with Gasteiger partial charge in [-0.25, -0.2) is 9.18 Å². The van der Waals surface area contributed by atoms with Crippen LogP contribution in [-0.2, 0) is 11.3 Å². The van der Waals surface area contributed by atoms with Crippen molar-refractivity contribution in [3.63, 3.8) is 0 Å². The van der Waals surface area contributed by atoms with Gasteiger partial charge in [0.05, 0.1) is 4.47 Å². The molecule has 1 saturated carbocycles. The molecule has 1 aromatic rings. The van der Waals surface area contributed by atoms with E-state index in [9.17, 15) is 9.18 Å². The Labute approximate surface area is 145 Å². The largest absolute Gasteiger partial charge is 0.444 e. The molecule has 0 saturated heterocycles. The van der Waals surface area contributed by atoms with E-state index in [0.29, 0.717) is 23.5 Å². The number of hydrogen-bond acceptors (Lipinski definition) is 3. The highest BCUT2D eigenvalue weighted by Crippen LogP contribution is 2.32. The second-order valence-corrected chi connectivity index (χ2v) is 7.82. The summed E-state index contributed by atoms with van der Waals surface area (Å²) in [5.74, 6) is 0.242. The zero-order chi connectivity index (χ0) is 17.0. The smallest absolute Gasteiger partial charge is 0.407 e. The maximum absolute atomic E-state index is 13.2. The lowest BCUT2D eigenvalue weighted by molar-refractivity contribution is 0.0497. The lowest BCUT2D eigenvalue weighted by Gasteiger charge is -2.24. The number of amides is 1. The maximum Gasteiger partial charge on any atom is 0.407 e. The molecule has 1 aliphatic carbocycles. The van der Waals surface area contributed by atoms with Gasteiger partial charge in [0.15, 0.2) is 0 Å². The van der Waals surface area contributed by atoms with Crippen LogP contribution in [0.25, 0.3) is 0 Å². The van der Waals surface area contributed by atoms with Crippen molar-refractivity contribution in [1.29, 1.82) is 0 Å². The Bertz CT molecular complexity index is 556. The molecule has 1 amide bonds. The summed E-state index contributed by atoms with van der Waals surface area (Å²) in [5.41, 5.74) is 0.497. The van der Waals surface area contributed by atoms with Crippen molar-refractivity contribution in [2.45, 2.75) is 51.8 Å². The van der Waals surface area contributed by atoms with E-state index < -0.39 is 5.60 Å². The zero-order valence-electron chi connectivity index (χ0n) is 13.8. The van der Waals surface area contributed by atoms with Gasteiger partial charge in [-0.15, -0.1) is 0 Å². The zero-order valence-corrected chi connectivity index (χ0v) is 15.4. The standard InChI is InChI=1S/C17H24BrFN2O2/c1-17(2,3)23-16(22)21-15(12-5-6-12)10-20-9-11-4-7-14(19)13(18)8-11/h4,7-8,12,15,20H,5-6,9-10H2,1-3H3,(H,21,22). The van der Waals surface area contributed by atoms with Gasteiger partial charge in [-0.2, -0.15) is 0 Å². The van der Waals surface area contributed by atoms with Crippen LogP contribution in [0.1, 0.15) is 39.2 Å². The number of nitrogens with one attached hydrogen (secondary N) is 2. The fourth-order valence-electron chi connectivity index (χ4n) is 2.31. The van der Waals surface area contributed by atoms with Crippen molar-refractivity contribution < 1.29 is 13.9 Å². The SMILES string of the molecule is CC(C)(C)OC(=O)NC(CNCc1ccc(F)c(Br)c1)C1CC1. The second-order valence-electron chi connectivity index (χ2n) is 6.97. The molecule has 23 heavy (non-hydrogen) atoms. The molecule has 128 valence electrons. The van der Waals surface area contributed by atoms with Gasteiger partial charge < -0.3 is 15.4 Å². The molecule has 0 spiro atoms. The van der Waals surface area contributed by atoms with Crippen molar-refractivity contribution in [1.82, 2.24) is 10.6 Å². The molecule has 6 heteroatoms. The summed E-state index contributed by atoms with van der Waals surface area (Å²) in [6, 6.07) is 5.02. The first-order chi connectivity index (χ1) is 10.7. The second kappa shape index (κ2) is 7.62. The van der Waals surface area contributed by atoms with Crippen LogP contribution >= 0.6 is 15.9 Å². The van der Waals surface area contributed by atoms with Gasteiger partial charge in [0.2, 0.25) is 0 Å². The lowest BCUT2D eigenvalue weighted by atomic mass is 10.1. The molecule has 1 fully saturated rings. The number of alkyl carbamates (subject to hydrolysis) is 1. The van der Waals surface area contributed by atoms with Crippen molar-refractivity contribution in [3.05, 3.63) is 34.1 Å². The van der Waals surface area contributed by atoms with E-state index in [1.54, 1.807) is 12.1 Å². The van der Waals surface area contributed by atoms with Gasteiger partial charge in [0.25, 0.3) is 0 Å². The highest BCUT2D eigenvalue weighted by atomic mass is 79.9. The van der Waals surface area contributed by atoms with Crippen LogP contribution in [0.4, 0.5) is 9.18 Å². The van der Waals surface area contributed by atoms with Crippen molar-refractivity contribution in [2.24, 2.45) is 5.92 Å². The van der Waals surface area contributed by atoms with Crippen LogP contribution < -0.4 is 10.6 Å². The molecular weight excluding hydrogens is 363 g/mol. The number of ether oxygens (including phenoxy) is 1.